The van der Waals surface area contributed by atoms with Gasteiger partial charge in [0.05, 0.1) is 11.6 Å². The number of nitrogens with zero attached hydrogens (tertiary/aromatic N) is 4. The number of aryl methyl sites for hydroxylation is 1. The molecule has 0 aliphatic heterocycles. The Balaban J connectivity index is 1.88. The summed E-state index contributed by atoms with van der Waals surface area (Å²) < 4.78 is 1.28. The van der Waals surface area contributed by atoms with E-state index in [4.69, 9.17) is 0 Å². The molecular weight excluding hydrogens is 332 g/mol. The molecule has 6 heteroatoms. The maximum absolute atomic E-state index is 13.0. The Morgan fingerprint density at radius 2 is 1.88 bits per heavy atom. The predicted octanol–water partition coefficient (Wildman–Crippen LogP) is 3.71. The topological polar surface area (TPSA) is 60.1 Å². The smallest absolute Gasteiger partial charge is 0.267 e. The second-order valence-electron chi connectivity index (χ2n) is 5.50. The molecule has 122 valence electrons. The van der Waals surface area contributed by atoms with E-state index in [9.17, 15) is 4.79 Å². The Labute approximate surface area is 147 Å². The van der Waals surface area contributed by atoms with E-state index >= 15 is 0 Å². The quantitative estimate of drug-likeness (QED) is 0.531. The van der Waals surface area contributed by atoms with Gasteiger partial charge in [-0.05, 0) is 30.2 Å². The number of hydrogen-bond donors (Lipinski definition) is 0. The summed E-state index contributed by atoms with van der Waals surface area (Å²) in [7, 11) is 0. The van der Waals surface area contributed by atoms with E-state index in [-0.39, 0.29) is 5.56 Å². The van der Waals surface area contributed by atoms with Crippen LogP contribution in [0, 0.1) is 6.92 Å². The molecule has 0 unspecified atom stereocenters. The number of rotatable bonds is 3. The summed E-state index contributed by atoms with van der Waals surface area (Å²) in [6.45, 7) is 2.01. The summed E-state index contributed by atoms with van der Waals surface area (Å²) in [5.74, 6) is 0. The predicted molar refractivity (Wildman–Crippen MR) is 101 cm³/mol. The standard InChI is InChI=1S/C19H14N4OS/c1-13-16(15-5-3-2-4-6-15)17-18(25-13)21-12-23(19(17)24)22-11-14-7-9-20-10-8-14/h2-12H,1H3/b22-11-. The van der Waals surface area contributed by atoms with Gasteiger partial charge in [-0.2, -0.15) is 9.78 Å². The summed E-state index contributed by atoms with van der Waals surface area (Å²) >= 11 is 1.53. The SMILES string of the molecule is Cc1sc2ncn(/N=C\c3ccncc3)c(=O)c2c1-c1ccccc1. The second kappa shape index (κ2) is 6.41. The van der Waals surface area contributed by atoms with Crippen molar-refractivity contribution in [2.24, 2.45) is 5.10 Å². The van der Waals surface area contributed by atoms with E-state index < -0.39 is 0 Å². The van der Waals surface area contributed by atoms with Gasteiger partial charge in [0.2, 0.25) is 0 Å². The Morgan fingerprint density at radius 1 is 1.12 bits per heavy atom. The van der Waals surface area contributed by atoms with Crippen molar-refractivity contribution in [1.29, 1.82) is 0 Å². The molecule has 0 saturated carbocycles. The summed E-state index contributed by atoms with van der Waals surface area (Å²) in [4.78, 5) is 23.1. The third-order valence-corrected chi connectivity index (χ3v) is 4.88. The molecular formula is C19H14N4OS. The number of benzene rings is 1. The summed E-state index contributed by atoms with van der Waals surface area (Å²) in [6, 6.07) is 13.6. The molecule has 1 aromatic carbocycles. The van der Waals surface area contributed by atoms with Gasteiger partial charge in [-0.15, -0.1) is 11.3 Å². The van der Waals surface area contributed by atoms with E-state index in [1.54, 1.807) is 18.6 Å². The van der Waals surface area contributed by atoms with Crippen molar-refractivity contribution in [3.8, 4) is 11.1 Å². The van der Waals surface area contributed by atoms with Crippen LogP contribution in [0.15, 0.2) is 71.1 Å². The van der Waals surface area contributed by atoms with Gasteiger partial charge in [0, 0.05) is 22.8 Å². The van der Waals surface area contributed by atoms with Crippen LogP contribution in [-0.2, 0) is 0 Å². The van der Waals surface area contributed by atoms with Crippen LogP contribution in [0.1, 0.15) is 10.4 Å². The van der Waals surface area contributed by atoms with Crippen molar-refractivity contribution in [1.82, 2.24) is 14.6 Å². The zero-order valence-corrected chi connectivity index (χ0v) is 14.3. The first kappa shape index (κ1) is 15.4. The molecule has 5 nitrogen and oxygen atoms in total. The molecule has 0 radical (unpaired) electrons. The minimum absolute atomic E-state index is 0.168. The molecule has 3 aromatic heterocycles. The van der Waals surface area contributed by atoms with Crippen LogP contribution in [0.4, 0.5) is 0 Å². The molecule has 4 aromatic rings. The van der Waals surface area contributed by atoms with Crippen molar-refractivity contribution < 1.29 is 0 Å². The van der Waals surface area contributed by atoms with Gasteiger partial charge in [-0.3, -0.25) is 9.78 Å². The van der Waals surface area contributed by atoms with Crippen LogP contribution in [0.3, 0.4) is 0 Å². The number of pyridine rings is 1. The molecule has 0 amide bonds. The lowest BCUT2D eigenvalue weighted by molar-refractivity contribution is 0.819. The molecule has 0 saturated heterocycles. The van der Waals surface area contributed by atoms with Gasteiger partial charge >= 0.3 is 0 Å². The molecule has 0 aliphatic rings. The number of hydrogen-bond acceptors (Lipinski definition) is 5. The molecule has 4 rings (SSSR count). The Hall–Kier alpha value is -3.12. The van der Waals surface area contributed by atoms with Gasteiger partial charge in [-0.1, -0.05) is 30.3 Å². The van der Waals surface area contributed by atoms with E-state index in [1.807, 2.05) is 49.4 Å². The largest absolute Gasteiger partial charge is 0.283 e. The normalized spacial score (nSPS) is 11.4. The van der Waals surface area contributed by atoms with Gasteiger partial charge in [-0.25, -0.2) is 4.98 Å². The van der Waals surface area contributed by atoms with Crippen LogP contribution in [0.5, 0.6) is 0 Å². The highest BCUT2D eigenvalue weighted by molar-refractivity contribution is 7.19. The van der Waals surface area contributed by atoms with E-state index in [1.165, 1.54) is 22.3 Å². The fraction of sp³-hybridized carbons (Fsp3) is 0.0526. The Bertz CT molecular complexity index is 1110. The minimum atomic E-state index is -0.168. The summed E-state index contributed by atoms with van der Waals surface area (Å²) in [5.41, 5.74) is 2.65. The van der Waals surface area contributed by atoms with Gasteiger partial charge in [0.25, 0.3) is 5.56 Å². The fourth-order valence-corrected chi connectivity index (χ4v) is 3.71. The highest BCUT2D eigenvalue weighted by Gasteiger charge is 2.16. The van der Waals surface area contributed by atoms with Crippen LogP contribution in [0.25, 0.3) is 21.3 Å². The molecule has 25 heavy (non-hydrogen) atoms. The molecule has 0 N–H and O–H groups in total. The average molecular weight is 346 g/mol. The minimum Gasteiger partial charge on any atom is -0.267 e. The van der Waals surface area contributed by atoms with Gasteiger partial charge < -0.3 is 0 Å². The number of fused-ring (bicyclic) bond motifs is 1. The second-order valence-corrected chi connectivity index (χ2v) is 6.70. The third-order valence-electron chi connectivity index (χ3n) is 3.87. The van der Waals surface area contributed by atoms with Crippen LogP contribution < -0.4 is 5.56 Å². The highest BCUT2D eigenvalue weighted by atomic mass is 32.1. The van der Waals surface area contributed by atoms with Crippen molar-refractivity contribution >= 4 is 27.8 Å². The lowest BCUT2D eigenvalue weighted by Gasteiger charge is -2.02. The zero-order valence-electron chi connectivity index (χ0n) is 13.5. The molecule has 0 aliphatic carbocycles. The fourth-order valence-electron chi connectivity index (χ4n) is 2.71. The zero-order chi connectivity index (χ0) is 17.2. The van der Waals surface area contributed by atoms with Gasteiger partial charge in [0.15, 0.2) is 0 Å². The van der Waals surface area contributed by atoms with E-state index in [2.05, 4.69) is 15.1 Å². The number of thiophene rings is 1. The first-order valence-electron chi connectivity index (χ1n) is 7.74. The molecule has 0 bridgehead atoms. The number of aromatic nitrogens is 3. The summed E-state index contributed by atoms with van der Waals surface area (Å²) in [6.07, 6.45) is 6.45. The molecule has 0 fully saturated rings. The third kappa shape index (κ3) is 2.88. The van der Waals surface area contributed by atoms with Crippen molar-refractivity contribution in [3.05, 3.63) is 82.0 Å². The van der Waals surface area contributed by atoms with Crippen molar-refractivity contribution in [2.75, 3.05) is 0 Å². The lowest BCUT2D eigenvalue weighted by atomic mass is 10.0. The highest BCUT2D eigenvalue weighted by Crippen LogP contribution is 2.35. The Morgan fingerprint density at radius 3 is 2.64 bits per heavy atom. The van der Waals surface area contributed by atoms with E-state index in [0.29, 0.717) is 5.39 Å². The maximum atomic E-state index is 13.0. The first-order valence-corrected chi connectivity index (χ1v) is 8.56. The maximum Gasteiger partial charge on any atom is 0.283 e. The van der Waals surface area contributed by atoms with Crippen LogP contribution >= 0.6 is 11.3 Å². The Kier molecular flexibility index (Phi) is 3.95. The van der Waals surface area contributed by atoms with Crippen LogP contribution in [-0.4, -0.2) is 20.9 Å². The van der Waals surface area contributed by atoms with Crippen molar-refractivity contribution in [3.63, 3.8) is 0 Å². The van der Waals surface area contributed by atoms with Gasteiger partial charge in [0.1, 0.15) is 11.2 Å². The van der Waals surface area contributed by atoms with E-state index in [0.717, 1.165) is 26.4 Å². The van der Waals surface area contributed by atoms with Crippen LogP contribution in [0.2, 0.25) is 0 Å². The van der Waals surface area contributed by atoms with Crippen molar-refractivity contribution in [2.45, 2.75) is 6.92 Å². The average Bonchev–Trinajstić information content (AvgIpc) is 2.99. The molecule has 0 atom stereocenters. The molecule has 3 heterocycles. The first-order chi connectivity index (χ1) is 12.2. The molecule has 0 spiro atoms. The summed E-state index contributed by atoms with van der Waals surface area (Å²) in [5, 5.41) is 4.88. The lowest BCUT2D eigenvalue weighted by Crippen LogP contribution is -2.16. The monoisotopic (exact) mass is 346 g/mol.